The first-order valence-corrected chi connectivity index (χ1v) is 5.40. The molecule has 1 aromatic heterocycles. The van der Waals surface area contributed by atoms with Gasteiger partial charge >= 0.3 is 0 Å². The maximum atomic E-state index is 4.27. The second-order valence-corrected chi connectivity index (χ2v) is 4.05. The fraction of sp³-hybridized carbons (Fsp3) is 0.800. The van der Waals surface area contributed by atoms with Crippen molar-refractivity contribution in [3.8, 4) is 0 Å². The molecule has 1 fully saturated rings. The first-order valence-electron chi connectivity index (χ1n) is 5.40. The molecule has 0 amide bonds. The molecule has 1 unspecified atom stereocenters. The van der Waals surface area contributed by atoms with Gasteiger partial charge in [0, 0.05) is 13.5 Å². The summed E-state index contributed by atoms with van der Waals surface area (Å²) in [5.74, 6) is 1.91. The van der Waals surface area contributed by atoms with Gasteiger partial charge in [-0.2, -0.15) is 5.10 Å². The Morgan fingerprint density at radius 1 is 1.50 bits per heavy atom. The molecule has 1 aliphatic rings. The van der Waals surface area contributed by atoms with Gasteiger partial charge < -0.3 is 5.32 Å². The predicted octanol–water partition coefficient (Wildman–Crippen LogP) is 0.747. The average Bonchev–Trinajstić information content (AvgIpc) is 2.44. The van der Waals surface area contributed by atoms with E-state index in [-0.39, 0.29) is 0 Å². The summed E-state index contributed by atoms with van der Waals surface area (Å²) in [5, 5.41) is 7.52. The molecule has 4 heteroatoms. The number of aromatic nitrogens is 3. The molecular formula is C10H18N4. The standard InChI is InChI=1S/C10H18N4/c1-14-10(12-8-13-14)7-9-3-2-5-11-6-4-9/h8-9,11H,2-7H2,1H3. The summed E-state index contributed by atoms with van der Waals surface area (Å²) in [7, 11) is 1.97. The van der Waals surface area contributed by atoms with Crippen molar-refractivity contribution in [1.29, 1.82) is 0 Å². The molecule has 0 saturated carbocycles. The van der Waals surface area contributed by atoms with Crippen LogP contribution in [0.25, 0.3) is 0 Å². The number of hydrogen-bond donors (Lipinski definition) is 1. The lowest BCUT2D eigenvalue weighted by molar-refractivity contribution is 0.450. The summed E-state index contributed by atoms with van der Waals surface area (Å²) in [6.45, 7) is 2.33. The van der Waals surface area contributed by atoms with E-state index in [1.165, 1.54) is 25.8 Å². The molecule has 78 valence electrons. The molecule has 1 atom stereocenters. The Morgan fingerprint density at radius 3 is 3.21 bits per heavy atom. The van der Waals surface area contributed by atoms with E-state index >= 15 is 0 Å². The van der Waals surface area contributed by atoms with E-state index in [2.05, 4.69) is 15.4 Å². The van der Waals surface area contributed by atoms with Crippen LogP contribution >= 0.6 is 0 Å². The molecule has 2 rings (SSSR count). The van der Waals surface area contributed by atoms with E-state index in [0.717, 1.165) is 24.7 Å². The number of hydrogen-bond acceptors (Lipinski definition) is 3. The Labute approximate surface area is 84.7 Å². The van der Waals surface area contributed by atoms with Crippen molar-refractivity contribution >= 4 is 0 Å². The highest BCUT2D eigenvalue weighted by Gasteiger charge is 2.14. The fourth-order valence-corrected chi connectivity index (χ4v) is 2.06. The van der Waals surface area contributed by atoms with Crippen LogP contribution in [-0.2, 0) is 13.5 Å². The molecule has 1 aliphatic heterocycles. The summed E-state index contributed by atoms with van der Waals surface area (Å²) in [6, 6.07) is 0. The van der Waals surface area contributed by atoms with Gasteiger partial charge in [-0.25, -0.2) is 4.98 Å². The summed E-state index contributed by atoms with van der Waals surface area (Å²) in [4.78, 5) is 4.27. The van der Waals surface area contributed by atoms with Crippen molar-refractivity contribution in [2.75, 3.05) is 13.1 Å². The largest absolute Gasteiger partial charge is 0.317 e. The molecule has 1 aromatic rings. The minimum atomic E-state index is 0.785. The number of rotatable bonds is 2. The van der Waals surface area contributed by atoms with Crippen molar-refractivity contribution in [2.24, 2.45) is 13.0 Å². The van der Waals surface area contributed by atoms with Crippen molar-refractivity contribution in [3.05, 3.63) is 12.2 Å². The maximum Gasteiger partial charge on any atom is 0.138 e. The van der Waals surface area contributed by atoms with Gasteiger partial charge in [-0.05, 0) is 38.3 Å². The van der Waals surface area contributed by atoms with E-state index in [1.807, 2.05) is 11.7 Å². The fourth-order valence-electron chi connectivity index (χ4n) is 2.06. The van der Waals surface area contributed by atoms with Crippen LogP contribution in [0, 0.1) is 5.92 Å². The van der Waals surface area contributed by atoms with Gasteiger partial charge in [-0.15, -0.1) is 0 Å². The van der Waals surface area contributed by atoms with Gasteiger partial charge in [0.1, 0.15) is 12.2 Å². The summed E-state index contributed by atoms with van der Waals surface area (Å²) in [6.07, 6.45) is 6.61. The minimum absolute atomic E-state index is 0.785. The van der Waals surface area contributed by atoms with Crippen molar-refractivity contribution in [1.82, 2.24) is 20.1 Å². The van der Waals surface area contributed by atoms with Crippen molar-refractivity contribution < 1.29 is 0 Å². The van der Waals surface area contributed by atoms with E-state index in [4.69, 9.17) is 0 Å². The lowest BCUT2D eigenvalue weighted by atomic mass is 9.97. The number of nitrogens with zero attached hydrogens (tertiary/aromatic N) is 3. The summed E-state index contributed by atoms with van der Waals surface area (Å²) < 4.78 is 1.89. The van der Waals surface area contributed by atoms with Gasteiger partial charge in [0.2, 0.25) is 0 Å². The topological polar surface area (TPSA) is 42.7 Å². The van der Waals surface area contributed by atoms with Gasteiger partial charge in [-0.1, -0.05) is 0 Å². The summed E-state index contributed by atoms with van der Waals surface area (Å²) >= 11 is 0. The molecule has 1 N–H and O–H groups in total. The van der Waals surface area contributed by atoms with Crippen LogP contribution in [0.5, 0.6) is 0 Å². The van der Waals surface area contributed by atoms with Gasteiger partial charge in [-0.3, -0.25) is 4.68 Å². The van der Waals surface area contributed by atoms with Crippen LogP contribution in [0.3, 0.4) is 0 Å². The van der Waals surface area contributed by atoms with Crippen LogP contribution in [-0.4, -0.2) is 27.9 Å². The van der Waals surface area contributed by atoms with Crippen molar-refractivity contribution in [2.45, 2.75) is 25.7 Å². The zero-order chi connectivity index (χ0) is 9.80. The quantitative estimate of drug-likeness (QED) is 0.755. The average molecular weight is 194 g/mol. The zero-order valence-electron chi connectivity index (χ0n) is 8.74. The monoisotopic (exact) mass is 194 g/mol. The smallest absolute Gasteiger partial charge is 0.138 e. The van der Waals surface area contributed by atoms with Gasteiger partial charge in [0.15, 0.2) is 0 Å². The summed E-state index contributed by atoms with van der Waals surface area (Å²) in [5.41, 5.74) is 0. The highest BCUT2D eigenvalue weighted by atomic mass is 15.3. The second kappa shape index (κ2) is 4.55. The molecule has 0 spiro atoms. The van der Waals surface area contributed by atoms with Gasteiger partial charge in [0.05, 0.1) is 0 Å². The third kappa shape index (κ3) is 2.32. The van der Waals surface area contributed by atoms with E-state index in [9.17, 15) is 0 Å². The first kappa shape index (κ1) is 9.65. The van der Waals surface area contributed by atoms with Gasteiger partial charge in [0.25, 0.3) is 0 Å². The lowest BCUT2D eigenvalue weighted by Crippen LogP contribution is -2.15. The van der Waals surface area contributed by atoms with Crippen LogP contribution in [0.1, 0.15) is 25.1 Å². The molecule has 0 aromatic carbocycles. The lowest BCUT2D eigenvalue weighted by Gasteiger charge is -2.12. The van der Waals surface area contributed by atoms with Crippen molar-refractivity contribution in [3.63, 3.8) is 0 Å². The third-order valence-electron chi connectivity index (χ3n) is 2.97. The Hall–Kier alpha value is -0.900. The highest BCUT2D eigenvalue weighted by molar-refractivity contribution is 4.87. The van der Waals surface area contributed by atoms with E-state index in [1.54, 1.807) is 6.33 Å². The maximum absolute atomic E-state index is 4.27. The molecule has 1 saturated heterocycles. The van der Waals surface area contributed by atoms with Crippen LogP contribution in [0.2, 0.25) is 0 Å². The molecule has 0 radical (unpaired) electrons. The number of aryl methyl sites for hydroxylation is 1. The predicted molar refractivity (Wildman–Crippen MR) is 54.9 cm³/mol. The van der Waals surface area contributed by atoms with E-state index < -0.39 is 0 Å². The first-order chi connectivity index (χ1) is 6.86. The Morgan fingerprint density at radius 2 is 2.43 bits per heavy atom. The SMILES string of the molecule is Cn1ncnc1CC1CCCNCC1. The molecule has 0 aliphatic carbocycles. The van der Waals surface area contributed by atoms with Crippen LogP contribution < -0.4 is 5.32 Å². The second-order valence-electron chi connectivity index (χ2n) is 4.05. The Kier molecular flexibility index (Phi) is 3.14. The van der Waals surface area contributed by atoms with Crippen LogP contribution in [0.15, 0.2) is 6.33 Å². The molecule has 14 heavy (non-hydrogen) atoms. The minimum Gasteiger partial charge on any atom is -0.317 e. The highest BCUT2D eigenvalue weighted by Crippen LogP contribution is 2.17. The molecule has 4 nitrogen and oxygen atoms in total. The zero-order valence-corrected chi connectivity index (χ0v) is 8.74. The molecule has 0 bridgehead atoms. The Balaban J connectivity index is 1.92. The molecule has 2 heterocycles. The third-order valence-corrected chi connectivity index (χ3v) is 2.97. The normalized spacial score (nSPS) is 23.4. The number of nitrogens with one attached hydrogen (secondary N) is 1. The Bertz CT molecular complexity index is 273. The van der Waals surface area contributed by atoms with E-state index in [0.29, 0.717) is 0 Å². The molecular weight excluding hydrogens is 176 g/mol. The van der Waals surface area contributed by atoms with Crippen LogP contribution in [0.4, 0.5) is 0 Å².